The highest BCUT2D eigenvalue weighted by Crippen LogP contribution is 2.31. The van der Waals surface area contributed by atoms with Gasteiger partial charge in [0.15, 0.2) is 0 Å². The van der Waals surface area contributed by atoms with Gasteiger partial charge in [-0.3, -0.25) is 4.90 Å². The molecular formula is C13H12F3N. The maximum atomic E-state index is 12.5. The SMILES string of the molecule is C#CCN1CCc2cc(C(F)(F)F)ccc2C1. The number of terminal acetylenes is 1. The second-order valence-corrected chi connectivity index (χ2v) is 4.15. The lowest BCUT2D eigenvalue weighted by atomic mass is 9.97. The van der Waals surface area contributed by atoms with Gasteiger partial charge in [0, 0.05) is 13.1 Å². The van der Waals surface area contributed by atoms with E-state index >= 15 is 0 Å². The van der Waals surface area contributed by atoms with Gasteiger partial charge >= 0.3 is 6.18 Å². The summed E-state index contributed by atoms with van der Waals surface area (Å²) in [6, 6.07) is 3.95. The van der Waals surface area contributed by atoms with Crippen LogP contribution >= 0.6 is 0 Å². The fourth-order valence-corrected chi connectivity index (χ4v) is 2.05. The van der Waals surface area contributed by atoms with Crippen LogP contribution in [0.5, 0.6) is 0 Å². The molecule has 1 aromatic carbocycles. The zero-order valence-electron chi connectivity index (χ0n) is 9.22. The average molecular weight is 239 g/mol. The van der Waals surface area contributed by atoms with E-state index in [1.807, 2.05) is 0 Å². The molecule has 0 fully saturated rings. The number of alkyl halides is 3. The Morgan fingerprint density at radius 1 is 1.29 bits per heavy atom. The van der Waals surface area contributed by atoms with E-state index in [1.54, 1.807) is 6.07 Å². The molecule has 0 unspecified atom stereocenters. The summed E-state index contributed by atoms with van der Waals surface area (Å²) in [5.74, 6) is 2.55. The molecule has 0 aliphatic carbocycles. The average Bonchev–Trinajstić information content (AvgIpc) is 2.27. The van der Waals surface area contributed by atoms with E-state index in [-0.39, 0.29) is 0 Å². The van der Waals surface area contributed by atoms with Crippen LogP contribution in [0.2, 0.25) is 0 Å². The summed E-state index contributed by atoms with van der Waals surface area (Å²) >= 11 is 0. The summed E-state index contributed by atoms with van der Waals surface area (Å²) in [6.45, 7) is 1.90. The summed E-state index contributed by atoms with van der Waals surface area (Å²) in [5.41, 5.74) is 1.16. The molecule has 0 atom stereocenters. The molecule has 1 aliphatic rings. The van der Waals surface area contributed by atoms with Gasteiger partial charge in [0.05, 0.1) is 12.1 Å². The van der Waals surface area contributed by atoms with E-state index in [0.29, 0.717) is 19.5 Å². The van der Waals surface area contributed by atoms with Gasteiger partial charge in [-0.05, 0) is 29.7 Å². The van der Waals surface area contributed by atoms with Gasteiger partial charge in [-0.25, -0.2) is 0 Å². The predicted octanol–water partition coefficient (Wildman–Crippen LogP) is 2.70. The molecule has 0 saturated carbocycles. The molecule has 0 bridgehead atoms. The first-order valence-electron chi connectivity index (χ1n) is 5.35. The molecule has 1 aromatic rings. The van der Waals surface area contributed by atoms with Gasteiger partial charge in [-0.2, -0.15) is 13.2 Å². The smallest absolute Gasteiger partial charge is 0.288 e. The first-order chi connectivity index (χ1) is 8.00. The number of rotatable bonds is 1. The van der Waals surface area contributed by atoms with E-state index < -0.39 is 11.7 Å². The Kier molecular flexibility index (Phi) is 3.12. The zero-order valence-corrected chi connectivity index (χ0v) is 9.22. The van der Waals surface area contributed by atoms with Crippen molar-refractivity contribution in [1.29, 1.82) is 0 Å². The van der Waals surface area contributed by atoms with Gasteiger partial charge in [0.2, 0.25) is 0 Å². The molecule has 4 heteroatoms. The number of benzene rings is 1. The van der Waals surface area contributed by atoms with Crippen LogP contribution in [0.3, 0.4) is 0 Å². The van der Waals surface area contributed by atoms with Gasteiger partial charge in [0.1, 0.15) is 0 Å². The van der Waals surface area contributed by atoms with Crippen molar-refractivity contribution in [2.45, 2.75) is 19.1 Å². The fourth-order valence-electron chi connectivity index (χ4n) is 2.05. The van der Waals surface area contributed by atoms with Crippen LogP contribution in [-0.4, -0.2) is 18.0 Å². The lowest BCUT2D eigenvalue weighted by molar-refractivity contribution is -0.137. The standard InChI is InChI=1S/C13H12F3N/c1-2-6-17-7-5-10-8-12(13(14,15)16)4-3-11(10)9-17/h1,3-4,8H,5-7,9H2. The third-order valence-electron chi connectivity index (χ3n) is 2.94. The Bertz CT molecular complexity index is 457. The molecule has 17 heavy (non-hydrogen) atoms. The van der Waals surface area contributed by atoms with Gasteiger partial charge in [-0.15, -0.1) is 6.42 Å². The topological polar surface area (TPSA) is 3.24 Å². The van der Waals surface area contributed by atoms with Gasteiger partial charge in [-0.1, -0.05) is 12.0 Å². The summed E-state index contributed by atoms with van der Waals surface area (Å²) < 4.78 is 37.6. The Morgan fingerprint density at radius 2 is 2.06 bits per heavy atom. The fraction of sp³-hybridized carbons (Fsp3) is 0.385. The van der Waals surface area contributed by atoms with E-state index in [1.165, 1.54) is 6.07 Å². The van der Waals surface area contributed by atoms with Crippen LogP contribution in [0.15, 0.2) is 18.2 Å². The molecule has 1 heterocycles. The Morgan fingerprint density at radius 3 is 2.71 bits per heavy atom. The van der Waals surface area contributed by atoms with Crippen LogP contribution < -0.4 is 0 Å². The molecule has 0 aromatic heterocycles. The van der Waals surface area contributed by atoms with Crippen molar-refractivity contribution in [1.82, 2.24) is 4.90 Å². The van der Waals surface area contributed by atoms with Crippen LogP contribution in [0.1, 0.15) is 16.7 Å². The highest BCUT2D eigenvalue weighted by Gasteiger charge is 2.31. The lowest BCUT2D eigenvalue weighted by Crippen LogP contribution is -2.31. The quantitative estimate of drug-likeness (QED) is 0.681. The molecule has 90 valence electrons. The molecule has 0 amide bonds. The Hall–Kier alpha value is -1.47. The number of hydrogen-bond acceptors (Lipinski definition) is 1. The number of fused-ring (bicyclic) bond motifs is 1. The van der Waals surface area contributed by atoms with Gasteiger partial charge in [0.25, 0.3) is 0 Å². The van der Waals surface area contributed by atoms with Gasteiger partial charge < -0.3 is 0 Å². The van der Waals surface area contributed by atoms with Crippen molar-refractivity contribution in [2.24, 2.45) is 0 Å². The van der Waals surface area contributed by atoms with E-state index in [4.69, 9.17) is 6.42 Å². The highest BCUT2D eigenvalue weighted by atomic mass is 19.4. The second-order valence-electron chi connectivity index (χ2n) is 4.15. The number of halogens is 3. The van der Waals surface area contributed by atoms with E-state index in [0.717, 1.165) is 23.7 Å². The maximum Gasteiger partial charge on any atom is 0.416 e. The van der Waals surface area contributed by atoms with Crippen molar-refractivity contribution in [3.8, 4) is 12.3 Å². The molecule has 2 rings (SSSR count). The summed E-state index contributed by atoms with van der Waals surface area (Å²) in [5, 5.41) is 0. The van der Waals surface area contributed by atoms with Crippen molar-refractivity contribution in [3.63, 3.8) is 0 Å². The predicted molar refractivity (Wildman–Crippen MR) is 59.3 cm³/mol. The molecule has 1 aliphatic heterocycles. The minimum absolute atomic E-state index is 0.542. The molecule has 0 N–H and O–H groups in total. The minimum Gasteiger partial charge on any atom is -0.288 e. The monoisotopic (exact) mass is 239 g/mol. The lowest BCUT2D eigenvalue weighted by Gasteiger charge is -2.27. The molecule has 0 saturated heterocycles. The normalized spacial score (nSPS) is 16.4. The van der Waals surface area contributed by atoms with E-state index in [9.17, 15) is 13.2 Å². The second kappa shape index (κ2) is 4.42. The van der Waals surface area contributed by atoms with Crippen molar-refractivity contribution < 1.29 is 13.2 Å². The van der Waals surface area contributed by atoms with E-state index in [2.05, 4.69) is 10.8 Å². The van der Waals surface area contributed by atoms with Crippen LogP contribution in [0.25, 0.3) is 0 Å². The number of hydrogen-bond donors (Lipinski definition) is 0. The molecule has 0 spiro atoms. The third-order valence-corrected chi connectivity index (χ3v) is 2.94. The Labute approximate surface area is 98.2 Å². The summed E-state index contributed by atoms with van der Waals surface area (Å²) in [4.78, 5) is 2.05. The maximum absolute atomic E-state index is 12.5. The van der Waals surface area contributed by atoms with Crippen LogP contribution in [-0.2, 0) is 19.1 Å². The van der Waals surface area contributed by atoms with Crippen LogP contribution in [0.4, 0.5) is 13.2 Å². The zero-order chi connectivity index (χ0) is 12.5. The summed E-state index contributed by atoms with van der Waals surface area (Å²) in [6.07, 6.45) is 1.59. The largest absolute Gasteiger partial charge is 0.416 e. The minimum atomic E-state index is -4.26. The number of nitrogens with zero attached hydrogens (tertiary/aromatic N) is 1. The van der Waals surface area contributed by atoms with Crippen LogP contribution in [0, 0.1) is 12.3 Å². The van der Waals surface area contributed by atoms with Crippen molar-refractivity contribution in [2.75, 3.05) is 13.1 Å². The molecule has 0 radical (unpaired) electrons. The molecule has 1 nitrogen and oxygen atoms in total. The third kappa shape index (κ3) is 2.62. The summed E-state index contributed by atoms with van der Waals surface area (Å²) in [7, 11) is 0. The molecular weight excluding hydrogens is 227 g/mol. The Balaban J connectivity index is 2.23. The first kappa shape index (κ1) is 12.0. The van der Waals surface area contributed by atoms with Crippen molar-refractivity contribution >= 4 is 0 Å². The van der Waals surface area contributed by atoms with Crippen molar-refractivity contribution in [3.05, 3.63) is 34.9 Å². The highest BCUT2D eigenvalue weighted by molar-refractivity contribution is 5.35. The first-order valence-corrected chi connectivity index (χ1v) is 5.35.